The molecular weight excluding hydrogens is 305 g/mol. The van der Waals surface area contributed by atoms with Gasteiger partial charge in [0.25, 0.3) is 0 Å². The Labute approximate surface area is 113 Å². The molecule has 0 aliphatic carbocycles. The molecule has 0 radical (unpaired) electrons. The SMILES string of the molecule is COc1cc(Cl)ccc1C(N)c1occc1Br. The second-order valence-electron chi connectivity index (χ2n) is 3.50. The Morgan fingerprint density at radius 1 is 1.41 bits per heavy atom. The molecular formula is C12H11BrClNO2. The fourth-order valence-corrected chi connectivity index (χ4v) is 2.22. The average Bonchev–Trinajstić information content (AvgIpc) is 2.74. The summed E-state index contributed by atoms with van der Waals surface area (Å²) < 4.78 is 11.4. The molecule has 0 aliphatic heterocycles. The van der Waals surface area contributed by atoms with Crippen molar-refractivity contribution in [3.63, 3.8) is 0 Å². The number of hydrogen-bond acceptors (Lipinski definition) is 3. The van der Waals surface area contributed by atoms with Crippen molar-refractivity contribution >= 4 is 27.5 Å². The van der Waals surface area contributed by atoms with E-state index in [1.54, 1.807) is 31.6 Å². The van der Waals surface area contributed by atoms with E-state index >= 15 is 0 Å². The van der Waals surface area contributed by atoms with Crippen LogP contribution >= 0.6 is 27.5 Å². The first-order valence-electron chi connectivity index (χ1n) is 4.95. The average molecular weight is 317 g/mol. The van der Waals surface area contributed by atoms with Crippen LogP contribution in [0.25, 0.3) is 0 Å². The highest BCUT2D eigenvalue weighted by atomic mass is 79.9. The van der Waals surface area contributed by atoms with Crippen LogP contribution in [0.15, 0.2) is 39.4 Å². The van der Waals surface area contributed by atoms with Gasteiger partial charge in [0, 0.05) is 10.6 Å². The minimum Gasteiger partial charge on any atom is -0.496 e. The van der Waals surface area contributed by atoms with Crippen molar-refractivity contribution < 1.29 is 9.15 Å². The lowest BCUT2D eigenvalue weighted by Crippen LogP contribution is -2.12. The van der Waals surface area contributed by atoms with E-state index in [-0.39, 0.29) is 0 Å². The van der Waals surface area contributed by atoms with E-state index in [0.717, 1.165) is 10.0 Å². The highest BCUT2D eigenvalue weighted by Gasteiger charge is 2.19. The zero-order valence-corrected chi connectivity index (χ0v) is 11.5. The number of nitrogens with two attached hydrogens (primary N) is 1. The van der Waals surface area contributed by atoms with Gasteiger partial charge in [-0.25, -0.2) is 0 Å². The van der Waals surface area contributed by atoms with Gasteiger partial charge < -0.3 is 14.9 Å². The molecule has 0 spiro atoms. The molecule has 1 aromatic heterocycles. The van der Waals surface area contributed by atoms with Crippen LogP contribution in [0.2, 0.25) is 5.02 Å². The quantitative estimate of drug-likeness (QED) is 0.938. The number of hydrogen-bond donors (Lipinski definition) is 1. The van der Waals surface area contributed by atoms with Gasteiger partial charge in [-0.1, -0.05) is 17.7 Å². The number of furan rings is 1. The molecule has 0 saturated carbocycles. The summed E-state index contributed by atoms with van der Waals surface area (Å²) in [5, 5.41) is 0.608. The molecule has 0 bridgehead atoms. The maximum atomic E-state index is 6.14. The third-order valence-electron chi connectivity index (χ3n) is 2.46. The van der Waals surface area contributed by atoms with Crippen molar-refractivity contribution in [3.8, 4) is 5.75 Å². The number of benzene rings is 1. The van der Waals surface area contributed by atoms with Crippen molar-refractivity contribution in [1.82, 2.24) is 0 Å². The Morgan fingerprint density at radius 3 is 2.76 bits per heavy atom. The molecule has 17 heavy (non-hydrogen) atoms. The van der Waals surface area contributed by atoms with Crippen molar-refractivity contribution in [2.45, 2.75) is 6.04 Å². The van der Waals surface area contributed by atoms with Gasteiger partial charge in [-0.05, 0) is 34.1 Å². The molecule has 0 fully saturated rings. The molecule has 2 aromatic rings. The number of methoxy groups -OCH3 is 1. The molecule has 1 heterocycles. The van der Waals surface area contributed by atoms with Gasteiger partial charge in [0.15, 0.2) is 0 Å². The van der Waals surface area contributed by atoms with Gasteiger partial charge in [0.05, 0.1) is 23.9 Å². The van der Waals surface area contributed by atoms with Crippen LogP contribution in [-0.2, 0) is 0 Å². The smallest absolute Gasteiger partial charge is 0.139 e. The molecule has 5 heteroatoms. The lowest BCUT2D eigenvalue weighted by Gasteiger charge is -2.14. The first kappa shape index (κ1) is 12.5. The number of ether oxygens (including phenoxy) is 1. The Bertz CT molecular complexity index is 527. The van der Waals surface area contributed by atoms with E-state index in [4.69, 9.17) is 26.5 Å². The van der Waals surface area contributed by atoms with E-state index in [1.807, 2.05) is 6.07 Å². The van der Waals surface area contributed by atoms with Gasteiger partial charge in [-0.3, -0.25) is 0 Å². The van der Waals surface area contributed by atoms with Crippen molar-refractivity contribution in [2.24, 2.45) is 5.73 Å². The highest BCUT2D eigenvalue weighted by molar-refractivity contribution is 9.10. The normalized spacial score (nSPS) is 12.5. The van der Waals surface area contributed by atoms with E-state index in [0.29, 0.717) is 16.5 Å². The molecule has 1 atom stereocenters. The molecule has 1 aromatic carbocycles. The van der Waals surface area contributed by atoms with E-state index in [1.165, 1.54) is 0 Å². The van der Waals surface area contributed by atoms with E-state index in [2.05, 4.69) is 15.9 Å². The minimum atomic E-state index is -0.397. The zero-order valence-electron chi connectivity index (χ0n) is 9.11. The Kier molecular flexibility index (Phi) is 3.76. The standard InChI is InChI=1S/C12H11BrClNO2/c1-16-10-6-7(14)2-3-8(10)11(15)12-9(13)4-5-17-12/h2-6,11H,15H2,1H3. The van der Waals surface area contributed by atoms with Crippen LogP contribution < -0.4 is 10.5 Å². The third kappa shape index (κ3) is 2.49. The molecule has 2 N–H and O–H groups in total. The summed E-state index contributed by atoms with van der Waals surface area (Å²) >= 11 is 9.29. The van der Waals surface area contributed by atoms with Crippen molar-refractivity contribution in [1.29, 1.82) is 0 Å². The minimum absolute atomic E-state index is 0.397. The summed E-state index contributed by atoms with van der Waals surface area (Å²) in [4.78, 5) is 0. The van der Waals surface area contributed by atoms with Crippen molar-refractivity contribution in [2.75, 3.05) is 7.11 Å². The van der Waals surface area contributed by atoms with E-state index in [9.17, 15) is 0 Å². The molecule has 2 rings (SSSR count). The summed E-state index contributed by atoms with van der Waals surface area (Å²) in [5.74, 6) is 1.30. The summed E-state index contributed by atoms with van der Waals surface area (Å²) in [6.07, 6.45) is 1.58. The van der Waals surface area contributed by atoms with Gasteiger partial charge in [-0.15, -0.1) is 0 Å². The molecule has 0 amide bonds. The molecule has 0 aliphatic rings. The highest BCUT2D eigenvalue weighted by Crippen LogP contribution is 2.34. The van der Waals surface area contributed by atoms with Crippen molar-refractivity contribution in [3.05, 3.63) is 51.3 Å². The molecule has 0 saturated heterocycles. The lowest BCUT2D eigenvalue weighted by atomic mass is 10.0. The maximum Gasteiger partial charge on any atom is 0.139 e. The fourth-order valence-electron chi connectivity index (χ4n) is 1.61. The predicted molar refractivity (Wildman–Crippen MR) is 70.4 cm³/mol. The first-order chi connectivity index (χ1) is 8.13. The third-order valence-corrected chi connectivity index (χ3v) is 3.35. The second-order valence-corrected chi connectivity index (χ2v) is 4.79. The Morgan fingerprint density at radius 2 is 2.18 bits per heavy atom. The Balaban J connectivity index is 2.44. The largest absolute Gasteiger partial charge is 0.496 e. The van der Waals surface area contributed by atoms with Gasteiger partial charge in [-0.2, -0.15) is 0 Å². The molecule has 90 valence electrons. The Hall–Kier alpha value is -0.970. The number of halogens is 2. The predicted octanol–water partition coefficient (Wildman–Crippen LogP) is 3.75. The maximum absolute atomic E-state index is 6.14. The first-order valence-corrected chi connectivity index (χ1v) is 6.12. The molecule has 3 nitrogen and oxygen atoms in total. The van der Waals surface area contributed by atoms with Crippen LogP contribution in [0.4, 0.5) is 0 Å². The van der Waals surface area contributed by atoms with Crippen LogP contribution in [0.5, 0.6) is 5.75 Å². The van der Waals surface area contributed by atoms with Gasteiger partial charge in [0.2, 0.25) is 0 Å². The monoisotopic (exact) mass is 315 g/mol. The summed E-state index contributed by atoms with van der Waals surface area (Å²) in [5.41, 5.74) is 6.97. The molecule has 1 unspecified atom stereocenters. The zero-order chi connectivity index (χ0) is 12.4. The van der Waals surface area contributed by atoms with E-state index < -0.39 is 6.04 Å². The summed E-state index contributed by atoms with van der Waals surface area (Å²) in [6.45, 7) is 0. The topological polar surface area (TPSA) is 48.4 Å². The van der Waals surface area contributed by atoms with Crippen LogP contribution in [0.1, 0.15) is 17.4 Å². The summed E-state index contributed by atoms with van der Waals surface area (Å²) in [6, 6.07) is 6.74. The van der Waals surface area contributed by atoms with Crippen LogP contribution in [0, 0.1) is 0 Å². The fraction of sp³-hybridized carbons (Fsp3) is 0.167. The number of rotatable bonds is 3. The van der Waals surface area contributed by atoms with Crippen LogP contribution in [0.3, 0.4) is 0 Å². The van der Waals surface area contributed by atoms with Gasteiger partial charge >= 0.3 is 0 Å². The van der Waals surface area contributed by atoms with Gasteiger partial charge in [0.1, 0.15) is 11.5 Å². The second kappa shape index (κ2) is 5.12. The lowest BCUT2D eigenvalue weighted by molar-refractivity contribution is 0.403. The summed E-state index contributed by atoms with van der Waals surface area (Å²) in [7, 11) is 1.58. The van der Waals surface area contributed by atoms with Crippen LogP contribution in [-0.4, -0.2) is 7.11 Å².